The van der Waals surface area contributed by atoms with Crippen LogP contribution in [0, 0.1) is 0 Å². The quantitative estimate of drug-likeness (QED) is 0.475. The van der Waals surface area contributed by atoms with Gasteiger partial charge in [0.2, 0.25) is 15.9 Å². The van der Waals surface area contributed by atoms with Crippen LogP contribution < -0.4 is 20.5 Å². The van der Waals surface area contributed by atoms with Crippen LogP contribution in [0.4, 0.5) is 5.69 Å². The average molecular weight is 440 g/mol. The van der Waals surface area contributed by atoms with Gasteiger partial charge < -0.3 is 15.4 Å². The van der Waals surface area contributed by atoms with E-state index in [1.54, 1.807) is 31.4 Å². The molecule has 0 aromatic heterocycles. The molecule has 3 rings (SSSR count). The van der Waals surface area contributed by atoms with Gasteiger partial charge in [-0.3, -0.25) is 4.79 Å². The van der Waals surface area contributed by atoms with Crippen molar-refractivity contribution >= 4 is 21.6 Å². The molecule has 0 aliphatic carbocycles. The van der Waals surface area contributed by atoms with E-state index in [0.29, 0.717) is 24.4 Å². The standard InChI is InChI=1S/C23H25N3O4S/c1-30-20-9-5-8-19(16-20)26-23(27)22(18-6-3-2-4-7-18)25-15-14-17-10-12-21(13-11-17)31(24,28)29/h2-13,16,22,25H,14-15H2,1H3,(H,26,27)(H2,24,28,29)/t22-/m0/s1. The first-order chi connectivity index (χ1) is 14.9. The molecule has 0 unspecified atom stereocenters. The Morgan fingerprint density at radius 2 is 1.71 bits per heavy atom. The number of ether oxygens (including phenoxy) is 1. The van der Waals surface area contributed by atoms with Crippen LogP contribution in [0.5, 0.6) is 5.75 Å². The zero-order valence-corrected chi connectivity index (χ0v) is 17.9. The number of methoxy groups -OCH3 is 1. The lowest BCUT2D eigenvalue weighted by Gasteiger charge is -2.19. The molecule has 1 amide bonds. The van der Waals surface area contributed by atoms with Gasteiger partial charge in [0.15, 0.2) is 0 Å². The second kappa shape index (κ2) is 10.2. The van der Waals surface area contributed by atoms with Gasteiger partial charge in [0, 0.05) is 18.3 Å². The van der Waals surface area contributed by atoms with Gasteiger partial charge in [0.05, 0.1) is 12.0 Å². The molecule has 0 saturated carbocycles. The molecule has 8 heteroatoms. The third-order valence-electron chi connectivity index (χ3n) is 4.75. The first kappa shape index (κ1) is 22.5. The van der Waals surface area contributed by atoms with Crippen molar-refractivity contribution in [1.29, 1.82) is 0 Å². The van der Waals surface area contributed by atoms with Crippen molar-refractivity contribution in [3.05, 3.63) is 90.0 Å². The fourth-order valence-corrected chi connectivity index (χ4v) is 3.64. The number of amides is 1. The SMILES string of the molecule is COc1cccc(NC(=O)[C@@H](NCCc2ccc(S(N)(=O)=O)cc2)c2ccccc2)c1. The molecule has 1 atom stereocenters. The maximum atomic E-state index is 13.0. The van der Waals surface area contributed by atoms with E-state index < -0.39 is 16.1 Å². The molecule has 0 saturated heterocycles. The van der Waals surface area contributed by atoms with Gasteiger partial charge in [0.25, 0.3) is 0 Å². The Bertz CT molecular complexity index is 1120. The molecular formula is C23H25N3O4S. The zero-order chi connectivity index (χ0) is 22.3. The van der Waals surface area contributed by atoms with Crippen molar-refractivity contribution in [2.45, 2.75) is 17.4 Å². The molecule has 3 aromatic carbocycles. The number of hydrogen-bond acceptors (Lipinski definition) is 5. The Kier molecular flexibility index (Phi) is 7.41. The van der Waals surface area contributed by atoms with Crippen molar-refractivity contribution in [1.82, 2.24) is 5.32 Å². The monoisotopic (exact) mass is 439 g/mol. The highest BCUT2D eigenvalue weighted by Gasteiger charge is 2.20. The molecular weight excluding hydrogens is 414 g/mol. The second-order valence-corrected chi connectivity index (χ2v) is 8.52. The first-order valence-corrected chi connectivity index (χ1v) is 11.3. The number of sulfonamides is 1. The largest absolute Gasteiger partial charge is 0.497 e. The molecule has 7 nitrogen and oxygen atoms in total. The number of primary sulfonamides is 1. The van der Waals surface area contributed by atoms with Crippen molar-refractivity contribution in [3.8, 4) is 5.75 Å². The van der Waals surface area contributed by atoms with E-state index in [2.05, 4.69) is 10.6 Å². The summed E-state index contributed by atoms with van der Waals surface area (Å²) >= 11 is 0. The van der Waals surface area contributed by atoms with Gasteiger partial charge >= 0.3 is 0 Å². The lowest BCUT2D eigenvalue weighted by Crippen LogP contribution is -2.34. The number of rotatable bonds is 9. The molecule has 0 heterocycles. The lowest BCUT2D eigenvalue weighted by atomic mass is 10.1. The minimum atomic E-state index is -3.71. The maximum Gasteiger partial charge on any atom is 0.246 e. The third-order valence-corrected chi connectivity index (χ3v) is 5.68. The zero-order valence-electron chi connectivity index (χ0n) is 17.1. The van der Waals surface area contributed by atoms with E-state index >= 15 is 0 Å². The van der Waals surface area contributed by atoms with Crippen LogP contribution in [-0.4, -0.2) is 28.0 Å². The summed E-state index contributed by atoms with van der Waals surface area (Å²) in [7, 11) is -2.14. The molecule has 0 aliphatic rings. The fraction of sp³-hybridized carbons (Fsp3) is 0.174. The number of hydrogen-bond donors (Lipinski definition) is 3. The molecule has 0 bridgehead atoms. The Morgan fingerprint density at radius 1 is 1.00 bits per heavy atom. The topological polar surface area (TPSA) is 111 Å². The number of nitrogens with two attached hydrogens (primary N) is 1. The molecule has 0 radical (unpaired) electrons. The third kappa shape index (κ3) is 6.39. The molecule has 3 aromatic rings. The van der Waals surface area contributed by atoms with E-state index in [1.165, 1.54) is 12.1 Å². The molecule has 0 aliphatic heterocycles. The Morgan fingerprint density at radius 3 is 2.35 bits per heavy atom. The molecule has 0 fully saturated rings. The molecule has 162 valence electrons. The van der Waals surface area contributed by atoms with Crippen LogP contribution in [0.15, 0.2) is 83.8 Å². The predicted octanol–water partition coefficient (Wildman–Crippen LogP) is 2.85. The number of carbonyl (C=O) groups excluding carboxylic acids is 1. The summed E-state index contributed by atoms with van der Waals surface area (Å²) < 4.78 is 28.0. The number of anilines is 1. The average Bonchev–Trinajstić information content (AvgIpc) is 2.77. The van der Waals surface area contributed by atoms with Crippen LogP contribution in [0.2, 0.25) is 0 Å². The Balaban J connectivity index is 1.68. The summed E-state index contributed by atoms with van der Waals surface area (Å²) in [6, 6.07) is 22.5. The van der Waals surface area contributed by atoms with Gasteiger partial charge in [0.1, 0.15) is 11.8 Å². The van der Waals surface area contributed by atoms with Crippen molar-refractivity contribution in [3.63, 3.8) is 0 Å². The van der Waals surface area contributed by atoms with Crippen molar-refractivity contribution < 1.29 is 17.9 Å². The molecule has 31 heavy (non-hydrogen) atoms. The smallest absolute Gasteiger partial charge is 0.246 e. The summed E-state index contributed by atoms with van der Waals surface area (Å²) in [4.78, 5) is 13.1. The minimum Gasteiger partial charge on any atom is -0.497 e. The van der Waals surface area contributed by atoms with Crippen LogP contribution in [0.3, 0.4) is 0 Å². The molecule has 0 spiro atoms. The number of benzene rings is 3. The van der Waals surface area contributed by atoms with Gasteiger partial charge in [-0.1, -0.05) is 48.5 Å². The van der Waals surface area contributed by atoms with E-state index in [0.717, 1.165) is 11.1 Å². The first-order valence-electron chi connectivity index (χ1n) is 9.72. The number of nitrogens with one attached hydrogen (secondary N) is 2. The maximum absolute atomic E-state index is 13.0. The summed E-state index contributed by atoms with van der Waals surface area (Å²) in [6.07, 6.45) is 0.612. The Labute approximate surface area is 182 Å². The van der Waals surface area contributed by atoms with Crippen LogP contribution >= 0.6 is 0 Å². The highest BCUT2D eigenvalue weighted by molar-refractivity contribution is 7.89. The van der Waals surface area contributed by atoms with Gasteiger partial charge in [-0.25, -0.2) is 13.6 Å². The van der Waals surface area contributed by atoms with Gasteiger partial charge in [-0.15, -0.1) is 0 Å². The minimum absolute atomic E-state index is 0.0732. The summed E-state index contributed by atoms with van der Waals surface area (Å²) in [5, 5.41) is 11.4. The van der Waals surface area contributed by atoms with Gasteiger partial charge in [-0.05, 0) is 41.8 Å². The van der Waals surface area contributed by atoms with E-state index in [-0.39, 0.29) is 10.8 Å². The van der Waals surface area contributed by atoms with Crippen LogP contribution in [-0.2, 0) is 21.2 Å². The predicted molar refractivity (Wildman–Crippen MR) is 120 cm³/mol. The molecule has 4 N–H and O–H groups in total. The normalized spacial score (nSPS) is 12.2. The van der Waals surface area contributed by atoms with Crippen LogP contribution in [0.25, 0.3) is 0 Å². The van der Waals surface area contributed by atoms with Crippen molar-refractivity contribution in [2.24, 2.45) is 5.14 Å². The van der Waals surface area contributed by atoms with Gasteiger partial charge in [-0.2, -0.15) is 0 Å². The summed E-state index contributed by atoms with van der Waals surface area (Å²) in [6.45, 7) is 0.514. The number of carbonyl (C=O) groups is 1. The van der Waals surface area contributed by atoms with E-state index in [1.807, 2.05) is 42.5 Å². The summed E-state index contributed by atoms with van der Waals surface area (Å²) in [5.41, 5.74) is 2.41. The van der Waals surface area contributed by atoms with E-state index in [4.69, 9.17) is 9.88 Å². The van der Waals surface area contributed by atoms with Crippen LogP contribution in [0.1, 0.15) is 17.2 Å². The summed E-state index contributed by atoms with van der Waals surface area (Å²) in [5.74, 6) is 0.467. The highest BCUT2D eigenvalue weighted by atomic mass is 32.2. The van der Waals surface area contributed by atoms with E-state index in [9.17, 15) is 13.2 Å². The second-order valence-electron chi connectivity index (χ2n) is 6.96. The lowest BCUT2D eigenvalue weighted by molar-refractivity contribution is -0.118. The van der Waals surface area contributed by atoms with Crippen molar-refractivity contribution in [2.75, 3.05) is 19.0 Å². The fourth-order valence-electron chi connectivity index (χ4n) is 3.13. The Hall–Kier alpha value is -3.20. The highest BCUT2D eigenvalue weighted by Crippen LogP contribution is 2.20.